The summed E-state index contributed by atoms with van der Waals surface area (Å²) in [7, 11) is -3.45. The average Bonchev–Trinajstić information content (AvgIpc) is 2.71. The molecule has 2 N–H and O–H groups in total. The number of aromatic amines is 1. The van der Waals surface area contributed by atoms with Gasteiger partial charge < -0.3 is 4.98 Å². The molecule has 1 heterocycles. The first-order chi connectivity index (χ1) is 7.95. The van der Waals surface area contributed by atoms with E-state index in [4.69, 9.17) is 11.6 Å². The summed E-state index contributed by atoms with van der Waals surface area (Å²) in [4.78, 5) is 6.55. The minimum atomic E-state index is -3.45. The van der Waals surface area contributed by atoms with Crippen molar-refractivity contribution in [1.82, 2.24) is 14.7 Å². The van der Waals surface area contributed by atoms with E-state index in [2.05, 4.69) is 14.7 Å². The van der Waals surface area contributed by atoms with Crippen molar-refractivity contribution in [2.24, 2.45) is 5.92 Å². The van der Waals surface area contributed by atoms with Gasteiger partial charge in [-0.05, 0) is 25.7 Å². The molecule has 0 fully saturated rings. The van der Waals surface area contributed by atoms with Crippen molar-refractivity contribution in [3.63, 3.8) is 0 Å². The van der Waals surface area contributed by atoms with Crippen LogP contribution in [-0.4, -0.2) is 30.8 Å². The Labute approximate surface area is 107 Å². The monoisotopic (exact) mass is 279 g/mol. The zero-order chi connectivity index (χ0) is 12.9. The van der Waals surface area contributed by atoms with Crippen LogP contribution >= 0.6 is 11.6 Å². The third kappa shape index (κ3) is 4.65. The third-order valence-corrected chi connectivity index (χ3v) is 4.30. The molecule has 0 bridgehead atoms. The molecule has 0 aromatic carbocycles. The Morgan fingerprint density at radius 3 is 2.82 bits per heavy atom. The van der Waals surface area contributed by atoms with Gasteiger partial charge in [-0.15, -0.1) is 11.6 Å². The molecule has 1 atom stereocenters. The predicted octanol–water partition coefficient (Wildman–Crippen LogP) is 1.65. The lowest BCUT2D eigenvalue weighted by molar-refractivity contribution is 0.542. The molecule has 0 amide bonds. The van der Waals surface area contributed by atoms with E-state index in [-0.39, 0.29) is 5.03 Å². The van der Waals surface area contributed by atoms with E-state index in [1.165, 1.54) is 6.20 Å². The molecule has 0 aliphatic rings. The second-order valence-corrected chi connectivity index (χ2v) is 6.18. The van der Waals surface area contributed by atoms with E-state index >= 15 is 0 Å². The van der Waals surface area contributed by atoms with Crippen molar-refractivity contribution in [2.75, 3.05) is 12.4 Å². The largest absolute Gasteiger partial charge is 0.332 e. The van der Waals surface area contributed by atoms with E-state index in [1.807, 2.05) is 6.92 Å². The molecule has 1 aromatic rings. The first-order valence-corrected chi connectivity index (χ1v) is 7.54. The van der Waals surface area contributed by atoms with Gasteiger partial charge in [0.2, 0.25) is 0 Å². The van der Waals surface area contributed by atoms with E-state index in [9.17, 15) is 8.42 Å². The second-order valence-electron chi connectivity index (χ2n) is 4.13. The fraction of sp³-hybridized carbons (Fsp3) is 0.700. The van der Waals surface area contributed by atoms with Gasteiger partial charge >= 0.3 is 0 Å². The zero-order valence-corrected chi connectivity index (χ0v) is 11.6. The summed E-state index contributed by atoms with van der Waals surface area (Å²) in [5.74, 6) is 1.60. The molecule has 1 rings (SSSR count). The second kappa shape index (κ2) is 6.37. The molecular weight excluding hydrogens is 262 g/mol. The third-order valence-electron chi connectivity index (χ3n) is 2.40. The minimum absolute atomic E-state index is 0.111. The number of sulfonamides is 1. The molecule has 5 nitrogen and oxygen atoms in total. The lowest BCUT2D eigenvalue weighted by Gasteiger charge is -2.07. The van der Waals surface area contributed by atoms with Crippen LogP contribution in [0.15, 0.2) is 11.2 Å². The maximum Gasteiger partial charge on any atom is 0.257 e. The normalized spacial score (nSPS) is 13.8. The maximum atomic E-state index is 11.8. The molecule has 1 aromatic heterocycles. The van der Waals surface area contributed by atoms with Crippen LogP contribution in [0.3, 0.4) is 0 Å². The highest BCUT2D eigenvalue weighted by atomic mass is 35.5. The number of aryl methyl sites for hydroxylation is 1. The number of H-pyrrole nitrogens is 1. The number of rotatable bonds is 7. The van der Waals surface area contributed by atoms with Crippen molar-refractivity contribution in [3.05, 3.63) is 12.0 Å². The molecule has 0 radical (unpaired) electrons. The van der Waals surface area contributed by atoms with E-state index in [0.717, 1.165) is 12.8 Å². The number of nitrogens with one attached hydrogen (secondary N) is 2. The Bertz CT molecular complexity index is 444. The first-order valence-electron chi connectivity index (χ1n) is 5.53. The molecule has 0 aliphatic heterocycles. The van der Waals surface area contributed by atoms with Crippen LogP contribution < -0.4 is 4.72 Å². The highest BCUT2D eigenvalue weighted by molar-refractivity contribution is 7.89. The zero-order valence-electron chi connectivity index (χ0n) is 10.0. The van der Waals surface area contributed by atoms with Gasteiger partial charge in [-0.2, -0.15) is 0 Å². The maximum absolute atomic E-state index is 11.8. The van der Waals surface area contributed by atoms with Crippen LogP contribution in [0.5, 0.6) is 0 Å². The SMILES string of the molecule is Cc1ncc(S(=O)(=O)NCCCC(C)CCl)[nH]1. The van der Waals surface area contributed by atoms with E-state index in [1.54, 1.807) is 6.92 Å². The number of imidazole rings is 1. The average molecular weight is 280 g/mol. The highest BCUT2D eigenvalue weighted by Crippen LogP contribution is 2.08. The molecule has 7 heteroatoms. The Kier molecular flexibility index (Phi) is 5.42. The Morgan fingerprint density at radius 2 is 2.29 bits per heavy atom. The van der Waals surface area contributed by atoms with E-state index < -0.39 is 10.0 Å². The van der Waals surface area contributed by atoms with Gasteiger partial charge in [0.1, 0.15) is 5.82 Å². The summed E-state index contributed by atoms with van der Waals surface area (Å²) in [5.41, 5.74) is 0. The standard InChI is InChI=1S/C10H18ClN3O2S/c1-8(6-11)4-3-5-13-17(15,16)10-7-12-9(2)14-10/h7-8,13H,3-6H2,1-2H3,(H,12,14). The molecule has 0 aliphatic carbocycles. The summed E-state index contributed by atoms with van der Waals surface area (Å²) < 4.78 is 26.0. The molecule has 98 valence electrons. The van der Waals surface area contributed by atoms with Gasteiger partial charge in [-0.25, -0.2) is 18.1 Å². The molecule has 17 heavy (non-hydrogen) atoms. The minimum Gasteiger partial charge on any atom is -0.332 e. The van der Waals surface area contributed by atoms with Crippen molar-refractivity contribution >= 4 is 21.6 Å². The molecular formula is C10H18ClN3O2S. The Balaban J connectivity index is 2.41. The van der Waals surface area contributed by atoms with Crippen molar-refractivity contribution in [1.29, 1.82) is 0 Å². The van der Waals surface area contributed by atoms with Gasteiger partial charge in [0.05, 0.1) is 6.20 Å². The Morgan fingerprint density at radius 1 is 1.59 bits per heavy atom. The number of aromatic nitrogens is 2. The number of halogens is 1. The lowest BCUT2D eigenvalue weighted by Crippen LogP contribution is -2.25. The number of hydrogen-bond donors (Lipinski definition) is 2. The molecule has 0 saturated carbocycles. The topological polar surface area (TPSA) is 74.8 Å². The number of nitrogens with zero attached hydrogens (tertiary/aromatic N) is 1. The van der Waals surface area contributed by atoms with Crippen LogP contribution in [0.4, 0.5) is 0 Å². The first kappa shape index (κ1) is 14.5. The summed E-state index contributed by atoms with van der Waals surface area (Å²) in [6.07, 6.45) is 3.01. The van der Waals surface area contributed by atoms with Crippen molar-refractivity contribution in [3.8, 4) is 0 Å². The van der Waals surface area contributed by atoms with Crippen molar-refractivity contribution in [2.45, 2.75) is 31.7 Å². The van der Waals surface area contributed by atoms with Crippen LogP contribution in [0.25, 0.3) is 0 Å². The molecule has 0 saturated heterocycles. The number of alkyl halides is 1. The fourth-order valence-electron chi connectivity index (χ4n) is 1.35. The summed E-state index contributed by atoms with van der Waals surface area (Å²) >= 11 is 5.67. The van der Waals surface area contributed by atoms with Crippen LogP contribution in [0.2, 0.25) is 0 Å². The Hall–Kier alpha value is -0.590. The van der Waals surface area contributed by atoms with Crippen LogP contribution in [0, 0.1) is 12.8 Å². The summed E-state index contributed by atoms with van der Waals surface area (Å²) in [6, 6.07) is 0. The van der Waals surface area contributed by atoms with Crippen LogP contribution in [-0.2, 0) is 10.0 Å². The lowest BCUT2D eigenvalue weighted by atomic mass is 10.1. The molecule has 1 unspecified atom stereocenters. The fourth-order valence-corrected chi connectivity index (χ4v) is 2.54. The van der Waals surface area contributed by atoms with Gasteiger partial charge in [0, 0.05) is 12.4 Å². The smallest absolute Gasteiger partial charge is 0.257 e. The summed E-state index contributed by atoms with van der Waals surface area (Å²) in [6.45, 7) is 4.17. The van der Waals surface area contributed by atoms with Gasteiger partial charge in [-0.3, -0.25) is 0 Å². The van der Waals surface area contributed by atoms with Gasteiger partial charge in [0.25, 0.3) is 10.0 Å². The van der Waals surface area contributed by atoms with Crippen LogP contribution in [0.1, 0.15) is 25.6 Å². The van der Waals surface area contributed by atoms with E-state index in [0.29, 0.717) is 24.2 Å². The van der Waals surface area contributed by atoms with Gasteiger partial charge in [0.15, 0.2) is 5.03 Å². The highest BCUT2D eigenvalue weighted by Gasteiger charge is 2.15. The summed E-state index contributed by atoms with van der Waals surface area (Å²) in [5, 5.41) is 0.111. The predicted molar refractivity (Wildman–Crippen MR) is 67.6 cm³/mol. The quantitative estimate of drug-likeness (QED) is 0.589. The van der Waals surface area contributed by atoms with Gasteiger partial charge in [-0.1, -0.05) is 6.92 Å². The number of hydrogen-bond acceptors (Lipinski definition) is 3. The molecule has 0 spiro atoms. The van der Waals surface area contributed by atoms with Crippen molar-refractivity contribution < 1.29 is 8.42 Å².